The maximum Gasteiger partial charge on any atom is 0.251 e. The maximum absolute atomic E-state index is 11.7. The quantitative estimate of drug-likeness (QED) is 0.521. The van der Waals surface area contributed by atoms with Crippen LogP contribution in [0.3, 0.4) is 0 Å². The Bertz CT molecular complexity index is 429. The van der Waals surface area contributed by atoms with Gasteiger partial charge in [0.1, 0.15) is 0 Å². The van der Waals surface area contributed by atoms with Crippen molar-refractivity contribution in [2.75, 3.05) is 19.6 Å². The van der Waals surface area contributed by atoms with E-state index in [4.69, 9.17) is 11.5 Å². The third kappa shape index (κ3) is 5.00. The summed E-state index contributed by atoms with van der Waals surface area (Å²) in [6.07, 6.45) is 1.83. The van der Waals surface area contributed by atoms with E-state index in [1.54, 1.807) is 12.1 Å². The number of rotatable bonds is 5. The fourth-order valence-corrected chi connectivity index (χ4v) is 1.43. The summed E-state index contributed by atoms with van der Waals surface area (Å²) >= 11 is 0. The fourth-order valence-electron chi connectivity index (χ4n) is 1.43. The molecule has 4 heteroatoms. The van der Waals surface area contributed by atoms with E-state index in [-0.39, 0.29) is 5.91 Å². The highest BCUT2D eigenvalue weighted by Gasteiger charge is 2.03. The molecule has 0 aliphatic carbocycles. The minimum atomic E-state index is -0.0645. The van der Waals surface area contributed by atoms with Gasteiger partial charge in [-0.25, -0.2) is 0 Å². The van der Waals surface area contributed by atoms with Gasteiger partial charge in [-0.1, -0.05) is 11.8 Å². The van der Waals surface area contributed by atoms with Crippen molar-refractivity contribution in [2.45, 2.75) is 12.8 Å². The largest absolute Gasteiger partial charge is 0.352 e. The van der Waals surface area contributed by atoms with Gasteiger partial charge in [0.05, 0.1) is 6.54 Å². The Morgan fingerprint density at radius 3 is 2.50 bits per heavy atom. The van der Waals surface area contributed by atoms with E-state index in [1.807, 2.05) is 12.1 Å². The van der Waals surface area contributed by atoms with Gasteiger partial charge < -0.3 is 16.8 Å². The zero-order valence-electron chi connectivity index (χ0n) is 10.4. The monoisotopic (exact) mass is 245 g/mol. The van der Waals surface area contributed by atoms with Gasteiger partial charge in [0.25, 0.3) is 5.91 Å². The van der Waals surface area contributed by atoms with Gasteiger partial charge in [0, 0.05) is 17.7 Å². The van der Waals surface area contributed by atoms with E-state index in [0.29, 0.717) is 25.2 Å². The Balaban J connectivity index is 2.48. The number of amides is 1. The summed E-state index contributed by atoms with van der Waals surface area (Å²) < 4.78 is 0. The number of unbranched alkanes of at least 4 members (excludes halogenated alkanes) is 1. The topological polar surface area (TPSA) is 81.1 Å². The van der Waals surface area contributed by atoms with E-state index in [2.05, 4.69) is 17.2 Å². The maximum atomic E-state index is 11.7. The molecule has 1 aromatic rings. The molecule has 0 fully saturated rings. The number of benzene rings is 1. The van der Waals surface area contributed by atoms with Crippen LogP contribution >= 0.6 is 0 Å². The summed E-state index contributed by atoms with van der Waals surface area (Å²) in [4.78, 5) is 11.7. The van der Waals surface area contributed by atoms with E-state index in [1.165, 1.54) is 0 Å². The zero-order valence-corrected chi connectivity index (χ0v) is 10.4. The van der Waals surface area contributed by atoms with E-state index < -0.39 is 0 Å². The Hall–Kier alpha value is -1.83. The number of hydrogen-bond acceptors (Lipinski definition) is 3. The fraction of sp³-hybridized carbons (Fsp3) is 0.357. The average molecular weight is 245 g/mol. The zero-order chi connectivity index (χ0) is 13.2. The van der Waals surface area contributed by atoms with Crippen LogP contribution in [-0.4, -0.2) is 25.5 Å². The Morgan fingerprint density at radius 1 is 1.17 bits per heavy atom. The third-order valence-corrected chi connectivity index (χ3v) is 2.40. The highest BCUT2D eigenvalue weighted by molar-refractivity contribution is 5.94. The second kappa shape index (κ2) is 8.29. The van der Waals surface area contributed by atoms with Gasteiger partial charge in [-0.15, -0.1) is 0 Å². The van der Waals surface area contributed by atoms with E-state index in [9.17, 15) is 4.79 Å². The van der Waals surface area contributed by atoms with Crippen LogP contribution < -0.4 is 16.8 Å². The summed E-state index contributed by atoms with van der Waals surface area (Å²) in [6, 6.07) is 7.16. The summed E-state index contributed by atoms with van der Waals surface area (Å²) in [5.74, 6) is 5.61. The summed E-state index contributed by atoms with van der Waals surface area (Å²) in [6.45, 7) is 1.65. The first-order valence-electron chi connectivity index (χ1n) is 6.05. The van der Waals surface area contributed by atoms with Crippen LogP contribution in [0.25, 0.3) is 0 Å². The molecule has 0 radical (unpaired) electrons. The van der Waals surface area contributed by atoms with Crippen LogP contribution in [0.4, 0.5) is 0 Å². The molecule has 1 amide bonds. The molecule has 0 atom stereocenters. The molecule has 18 heavy (non-hydrogen) atoms. The molecule has 0 aliphatic rings. The summed E-state index contributed by atoms with van der Waals surface area (Å²) in [5.41, 5.74) is 12.2. The molecule has 0 unspecified atom stereocenters. The minimum Gasteiger partial charge on any atom is -0.352 e. The molecule has 96 valence electrons. The van der Waals surface area contributed by atoms with Crippen LogP contribution in [0.2, 0.25) is 0 Å². The normalized spacial score (nSPS) is 9.44. The molecular weight excluding hydrogens is 226 g/mol. The second-order valence-corrected chi connectivity index (χ2v) is 3.83. The van der Waals surface area contributed by atoms with Crippen LogP contribution in [0.5, 0.6) is 0 Å². The van der Waals surface area contributed by atoms with Crippen molar-refractivity contribution >= 4 is 5.91 Å². The molecule has 4 nitrogen and oxygen atoms in total. The molecule has 1 aromatic carbocycles. The van der Waals surface area contributed by atoms with Crippen LogP contribution in [0.1, 0.15) is 28.8 Å². The third-order valence-electron chi connectivity index (χ3n) is 2.40. The molecule has 0 saturated carbocycles. The van der Waals surface area contributed by atoms with Gasteiger partial charge in [-0.2, -0.15) is 0 Å². The average Bonchev–Trinajstić information content (AvgIpc) is 2.41. The highest BCUT2D eigenvalue weighted by atomic mass is 16.1. The molecule has 0 aromatic heterocycles. The minimum absolute atomic E-state index is 0.0645. The van der Waals surface area contributed by atoms with Crippen LogP contribution in [0.15, 0.2) is 24.3 Å². The molecule has 5 N–H and O–H groups in total. The molecule has 0 bridgehead atoms. The first-order chi connectivity index (χ1) is 8.77. The Morgan fingerprint density at radius 2 is 1.89 bits per heavy atom. The van der Waals surface area contributed by atoms with Crippen LogP contribution in [0, 0.1) is 11.8 Å². The van der Waals surface area contributed by atoms with Crippen LogP contribution in [-0.2, 0) is 0 Å². The highest BCUT2D eigenvalue weighted by Crippen LogP contribution is 2.03. The lowest BCUT2D eigenvalue weighted by Crippen LogP contribution is -2.24. The van der Waals surface area contributed by atoms with Gasteiger partial charge >= 0.3 is 0 Å². The van der Waals surface area contributed by atoms with Crippen molar-refractivity contribution in [3.63, 3.8) is 0 Å². The Labute approximate surface area is 108 Å². The van der Waals surface area contributed by atoms with E-state index >= 15 is 0 Å². The summed E-state index contributed by atoms with van der Waals surface area (Å²) in [7, 11) is 0. The van der Waals surface area contributed by atoms with Crippen molar-refractivity contribution < 1.29 is 4.79 Å². The predicted octanol–water partition coefficient (Wildman–Crippen LogP) is 0.466. The molecule has 0 saturated heterocycles. The predicted molar refractivity (Wildman–Crippen MR) is 73.0 cm³/mol. The van der Waals surface area contributed by atoms with Crippen molar-refractivity contribution in [2.24, 2.45) is 11.5 Å². The number of hydrogen-bond donors (Lipinski definition) is 3. The first kappa shape index (κ1) is 14.2. The van der Waals surface area contributed by atoms with Crippen molar-refractivity contribution in [1.82, 2.24) is 5.32 Å². The van der Waals surface area contributed by atoms with Gasteiger partial charge in [0.2, 0.25) is 0 Å². The van der Waals surface area contributed by atoms with Gasteiger partial charge in [-0.3, -0.25) is 4.79 Å². The molecule has 0 heterocycles. The molecule has 1 rings (SSSR count). The standard InChI is InChI=1S/C14H19N3O/c15-9-1-2-11-17-14(18)13-7-5-12(6-8-13)4-3-10-16/h5-8H,1-2,9-11,15-16H2,(H,17,18). The lowest BCUT2D eigenvalue weighted by molar-refractivity contribution is 0.0953. The summed E-state index contributed by atoms with van der Waals surface area (Å²) in [5, 5.41) is 2.85. The SMILES string of the molecule is NCC#Cc1ccc(C(=O)NCCCCN)cc1. The number of nitrogens with one attached hydrogen (secondary N) is 1. The first-order valence-corrected chi connectivity index (χ1v) is 6.05. The lowest BCUT2D eigenvalue weighted by atomic mass is 10.1. The number of nitrogens with two attached hydrogens (primary N) is 2. The van der Waals surface area contributed by atoms with Crippen molar-refractivity contribution in [3.8, 4) is 11.8 Å². The van der Waals surface area contributed by atoms with E-state index in [0.717, 1.165) is 18.4 Å². The smallest absolute Gasteiger partial charge is 0.251 e. The van der Waals surface area contributed by atoms with Crippen molar-refractivity contribution in [3.05, 3.63) is 35.4 Å². The number of carbonyl (C=O) groups excluding carboxylic acids is 1. The Kier molecular flexibility index (Phi) is 6.55. The second-order valence-electron chi connectivity index (χ2n) is 3.83. The lowest BCUT2D eigenvalue weighted by Gasteiger charge is -2.04. The molecular formula is C14H19N3O. The van der Waals surface area contributed by atoms with Gasteiger partial charge in [0.15, 0.2) is 0 Å². The molecule has 0 spiro atoms. The van der Waals surface area contributed by atoms with Crippen molar-refractivity contribution in [1.29, 1.82) is 0 Å². The number of carbonyl (C=O) groups is 1. The van der Waals surface area contributed by atoms with Gasteiger partial charge in [-0.05, 0) is 43.7 Å². The molecule has 0 aliphatic heterocycles.